The van der Waals surface area contributed by atoms with Gasteiger partial charge in [0, 0.05) is 45.9 Å². The third kappa shape index (κ3) is 4.36. The first-order chi connectivity index (χ1) is 17.2. The van der Waals surface area contributed by atoms with Gasteiger partial charge in [-0.3, -0.25) is 19.3 Å². The van der Waals surface area contributed by atoms with E-state index < -0.39 is 35.0 Å². The minimum absolute atomic E-state index is 0.0368. The number of likely N-dealkylation sites (tertiary alicyclic amines) is 1. The van der Waals surface area contributed by atoms with E-state index in [-0.39, 0.29) is 37.5 Å². The number of aliphatic hydroxyl groups is 1. The van der Waals surface area contributed by atoms with E-state index in [0.29, 0.717) is 45.7 Å². The monoisotopic (exact) mass is 507 g/mol. The normalized spacial score (nSPS) is 35.7. The molecular formula is C26H41N3O7. The van der Waals surface area contributed by atoms with Crippen molar-refractivity contribution in [3.63, 3.8) is 0 Å². The van der Waals surface area contributed by atoms with Crippen LogP contribution < -0.4 is 0 Å². The van der Waals surface area contributed by atoms with Crippen molar-refractivity contribution in [1.82, 2.24) is 14.7 Å². The summed E-state index contributed by atoms with van der Waals surface area (Å²) in [7, 11) is 0. The van der Waals surface area contributed by atoms with Crippen molar-refractivity contribution in [1.29, 1.82) is 0 Å². The fraction of sp³-hybridized carbons (Fsp3) is 0.808. The molecule has 6 atom stereocenters. The second-order valence-corrected chi connectivity index (χ2v) is 10.6. The molecule has 1 N–H and O–H groups in total. The summed E-state index contributed by atoms with van der Waals surface area (Å²) < 4.78 is 17.5. The van der Waals surface area contributed by atoms with Crippen LogP contribution in [0, 0.1) is 17.8 Å². The third-order valence-electron chi connectivity index (χ3n) is 8.60. The molecule has 0 aromatic heterocycles. The Morgan fingerprint density at radius 1 is 1.31 bits per heavy atom. The molecule has 4 aliphatic heterocycles. The zero-order chi connectivity index (χ0) is 26.1. The molecule has 4 rings (SSSR count). The summed E-state index contributed by atoms with van der Waals surface area (Å²) in [6.45, 7) is 14.3. The van der Waals surface area contributed by atoms with Gasteiger partial charge in [0.2, 0.25) is 11.8 Å². The van der Waals surface area contributed by atoms with Gasteiger partial charge < -0.3 is 29.1 Å². The average Bonchev–Trinajstić information content (AvgIpc) is 3.37. The maximum atomic E-state index is 14.2. The van der Waals surface area contributed by atoms with Crippen molar-refractivity contribution in [3.8, 4) is 0 Å². The molecule has 0 radical (unpaired) electrons. The number of rotatable bonds is 11. The number of aliphatic hydroxyl groups excluding tert-OH is 1. The molecule has 0 aromatic rings. The van der Waals surface area contributed by atoms with Crippen LogP contribution in [0.3, 0.4) is 0 Å². The van der Waals surface area contributed by atoms with Crippen LogP contribution in [0.15, 0.2) is 12.7 Å². The lowest BCUT2D eigenvalue weighted by Crippen LogP contribution is -2.57. The predicted octanol–water partition coefficient (Wildman–Crippen LogP) is 0.289. The second kappa shape index (κ2) is 10.8. The number of nitrogens with zero attached hydrogens (tertiary/aromatic N) is 3. The van der Waals surface area contributed by atoms with Gasteiger partial charge in [0.1, 0.15) is 17.6 Å². The molecule has 3 unspecified atom stereocenters. The fourth-order valence-corrected chi connectivity index (χ4v) is 6.80. The summed E-state index contributed by atoms with van der Waals surface area (Å²) in [5.41, 5.74) is -1.99. The van der Waals surface area contributed by atoms with Gasteiger partial charge in [-0.25, -0.2) is 0 Å². The van der Waals surface area contributed by atoms with Crippen LogP contribution in [-0.4, -0.2) is 121 Å². The summed E-state index contributed by atoms with van der Waals surface area (Å²) in [5, 5.41) is 9.52. The summed E-state index contributed by atoms with van der Waals surface area (Å²) in [4.78, 5) is 46.8. The van der Waals surface area contributed by atoms with E-state index in [4.69, 9.17) is 14.2 Å². The lowest BCUT2D eigenvalue weighted by Gasteiger charge is -2.38. The molecule has 4 heterocycles. The standard InChI is InChI=1S/C26H41N3O7/c1-5-8-28(11-10-27-12-15-34-16-13-27)23(32)21-26-17-18(3)25(4,36-26)20(24(33)35-6-2)19(26)22(31)29(21)9-7-14-30/h5,18-21,30H,1,6-17H2,2-4H3/t18?,19-,20-,21?,25+,26?/m0/s1. The van der Waals surface area contributed by atoms with Crippen molar-refractivity contribution >= 4 is 17.8 Å². The van der Waals surface area contributed by atoms with E-state index >= 15 is 0 Å². The molecular weight excluding hydrogens is 466 g/mol. The van der Waals surface area contributed by atoms with Crippen molar-refractivity contribution in [2.45, 2.75) is 50.9 Å². The molecule has 1 spiro atoms. The summed E-state index contributed by atoms with van der Waals surface area (Å²) in [6.07, 6.45) is 2.54. The van der Waals surface area contributed by atoms with E-state index in [1.807, 2.05) is 13.8 Å². The van der Waals surface area contributed by atoms with Crippen LogP contribution in [0.2, 0.25) is 0 Å². The average molecular weight is 508 g/mol. The molecule has 0 saturated carbocycles. The minimum Gasteiger partial charge on any atom is -0.466 e. The molecule has 10 nitrogen and oxygen atoms in total. The number of hydrogen-bond acceptors (Lipinski definition) is 8. The molecule has 4 aliphatic rings. The first-order valence-electron chi connectivity index (χ1n) is 13.2. The Morgan fingerprint density at radius 2 is 2.03 bits per heavy atom. The molecule has 202 valence electrons. The van der Waals surface area contributed by atoms with Crippen LogP contribution in [0.5, 0.6) is 0 Å². The highest BCUT2D eigenvalue weighted by Crippen LogP contribution is 2.65. The number of amides is 2. The fourth-order valence-electron chi connectivity index (χ4n) is 6.80. The quantitative estimate of drug-likeness (QED) is 0.314. The van der Waals surface area contributed by atoms with Crippen LogP contribution >= 0.6 is 0 Å². The number of esters is 1. The zero-order valence-corrected chi connectivity index (χ0v) is 21.8. The topological polar surface area (TPSA) is 109 Å². The SMILES string of the molecule is C=CCN(CCN1CCOCC1)C(=O)C1N(CCCO)C(=O)[C@@H]2[C@@H](C(=O)OCC)[C@]3(C)OC12CC3C. The van der Waals surface area contributed by atoms with Crippen LogP contribution in [-0.2, 0) is 28.6 Å². The maximum Gasteiger partial charge on any atom is 0.312 e. The highest BCUT2D eigenvalue weighted by atomic mass is 16.6. The van der Waals surface area contributed by atoms with E-state index in [1.165, 1.54) is 0 Å². The highest BCUT2D eigenvalue weighted by Gasteiger charge is 2.80. The Hall–Kier alpha value is -2.01. The van der Waals surface area contributed by atoms with Gasteiger partial charge in [-0.2, -0.15) is 0 Å². The van der Waals surface area contributed by atoms with Gasteiger partial charge in [-0.15, -0.1) is 6.58 Å². The molecule has 4 fully saturated rings. The number of morpholine rings is 1. The van der Waals surface area contributed by atoms with Gasteiger partial charge in [0.15, 0.2) is 0 Å². The predicted molar refractivity (Wildman–Crippen MR) is 131 cm³/mol. The number of carbonyl (C=O) groups is 3. The van der Waals surface area contributed by atoms with Crippen molar-refractivity contribution in [2.75, 3.05) is 65.7 Å². The smallest absolute Gasteiger partial charge is 0.312 e. The molecule has 4 saturated heterocycles. The first-order valence-corrected chi connectivity index (χ1v) is 13.2. The zero-order valence-electron chi connectivity index (χ0n) is 21.8. The molecule has 0 aliphatic carbocycles. The number of fused-ring (bicyclic) bond motifs is 1. The van der Waals surface area contributed by atoms with Crippen molar-refractivity contribution in [2.24, 2.45) is 17.8 Å². The molecule has 2 bridgehead atoms. The van der Waals surface area contributed by atoms with Gasteiger partial charge in [-0.05, 0) is 32.6 Å². The van der Waals surface area contributed by atoms with Crippen LogP contribution in [0.4, 0.5) is 0 Å². The van der Waals surface area contributed by atoms with Crippen LogP contribution in [0.25, 0.3) is 0 Å². The lowest BCUT2D eigenvalue weighted by molar-refractivity contribution is -0.162. The lowest BCUT2D eigenvalue weighted by atomic mass is 9.62. The van der Waals surface area contributed by atoms with E-state index in [2.05, 4.69) is 11.5 Å². The number of carbonyl (C=O) groups excluding carboxylic acids is 3. The summed E-state index contributed by atoms with van der Waals surface area (Å²) in [5.74, 6) is -2.50. The molecule has 2 amide bonds. The van der Waals surface area contributed by atoms with E-state index in [1.54, 1.807) is 22.8 Å². The summed E-state index contributed by atoms with van der Waals surface area (Å²) >= 11 is 0. The van der Waals surface area contributed by atoms with E-state index in [0.717, 1.165) is 13.1 Å². The molecule has 10 heteroatoms. The van der Waals surface area contributed by atoms with Crippen molar-refractivity contribution in [3.05, 3.63) is 12.7 Å². The largest absolute Gasteiger partial charge is 0.466 e. The van der Waals surface area contributed by atoms with Crippen LogP contribution in [0.1, 0.15) is 33.6 Å². The molecule has 36 heavy (non-hydrogen) atoms. The first kappa shape index (κ1) is 27.0. The summed E-state index contributed by atoms with van der Waals surface area (Å²) in [6, 6.07) is -0.866. The minimum atomic E-state index is -1.10. The second-order valence-electron chi connectivity index (χ2n) is 10.6. The molecule has 0 aromatic carbocycles. The number of ether oxygens (including phenoxy) is 3. The Labute approximate surface area is 213 Å². The Kier molecular flexibility index (Phi) is 8.09. The Morgan fingerprint density at radius 3 is 2.67 bits per heavy atom. The van der Waals surface area contributed by atoms with Gasteiger partial charge in [0.05, 0.1) is 31.3 Å². The Balaban J connectivity index is 1.67. The van der Waals surface area contributed by atoms with Gasteiger partial charge in [0.25, 0.3) is 0 Å². The van der Waals surface area contributed by atoms with Gasteiger partial charge >= 0.3 is 5.97 Å². The van der Waals surface area contributed by atoms with E-state index in [9.17, 15) is 19.5 Å². The maximum absolute atomic E-state index is 14.2. The highest BCUT2D eigenvalue weighted by molar-refractivity contribution is 5.98. The van der Waals surface area contributed by atoms with Crippen molar-refractivity contribution < 1.29 is 33.7 Å². The Bertz CT molecular complexity index is 862. The third-order valence-corrected chi connectivity index (χ3v) is 8.60. The van der Waals surface area contributed by atoms with Gasteiger partial charge in [-0.1, -0.05) is 13.0 Å². The number of hydrogen-bond donors (Lipinski definition) is 1.